The second kappa shape index (κ2) is 6.15. The van der Waals surface area contributed by atoms with E-state index in [1.54, 1.807) is 0 Å². The van der Waals surface area contributed by atoms with Crippen molar-refractivity contribution in [2.24, 2.45) is 0 Å². The minimum Gasteiger partial charge on any atom is -0.478 e. The highest BCUT2D eigenvalue weighted by Gasteiger charge is 2.19. The summed E-state index contributed by atoms with van der Waals surface area (Å²) in [4.78, 5) is 11.3. The molecule has 0 amide bonds. The third-order valence-corrected chi connectivity index (χ3v) is 2.46. The van der Waals surface area contributed by atoms with Crippen LogP contribution in [-0.4, -0.2) is 39.5 Å². The van der Waals surface area contributed by atoms with Crippen LogP contribution in [0.15, 0.2) is 0 Å². The first kappa shape index (κ1) is 13.4. The van der Waals surface area contributed by atoms with Crippen LogP contribution in [0.5, 0.6) is 0 Å². The maximum absolute atomic E-state index is 11.3. The maximum atomic E-state index is 11.3. The topological polar surface area (TPSA) is 95.3 Å². The summed E-state index contributed by atoms with van der Waals surface area (Å²) < 4.78 is 0. The molecule has 0 unspecified atom stereocenters. The molecule has 0 aliphatic heterocycles. The van der Waals surface area contributed by atoms with Crippen molar-refractivity contribution in [2.75, 3.05) is 18.5 Å². The number of anilines is 1. The lowest BCUT2D eigenvalue weighted by molar-refractivity contribution is 0.0696. The first-order valence-corrected chi connectivity index (χ1v) is 5.62. The molecule has 0 radical (unpaired) electrons. The Balaban J connectivity index is 3.26. The van der Waals surface area contributed by atoms with Crippen LogP contribution in [0, 0.1) is 0 Å². The molecule has 0 fully saturated rings. The number of aryl methyl sites for hydroxylation is 1. The summed E-state index contributed by atoms with van der Waals surface area (Å²) in [5, 5.41) is 28.6. The van der Waals surface area contributed by atoms with Gasteiger partial charge < -0.3 is 15.5 Å². The molecular formula is C11H17N3O3. The van der Waals surface area contributed by atoms with Gasteiger partial charge in [0.05, 0.1) is 12.3 Å². The molecule has 1 aromatic heterocycles. The highest BCUT2D eigenvalue weighted by molar-refractivity contribution is 5.95. The molecule has 0 aliphatic rings. The van der Waals surface area contributed by atoms with Crippen molar-refractivity contribution in [3.05, 3.63) is 16.8 Å². The molecule has 0 atom stereocenters. The van der Waals surface area contributed by atoms with Gasteiger partial charge in [0.15, 0.2) is 5.82 Å². The number of nitrogens with zero attached hydrogens (tertiary/aromatic N) is 2. The standard InChI is InChI=1S/C11H17N3O3/c1-3-7-8(4-2)13-14-10(12-5-6-15)9(7)11(16)17/h15H,3-6H2,1-2H3,(H,12,14)(H,16,17). The number of aromatic nitrogens is 2. The Kier molecular flexibility index (Phi) is 4.84. The van der Waals surface area contributed by atoms with Gasteiger partial charge >= 0.3 is 5.97 Å². The van der Waals surface area contributed by atoms with Crippen LogP contribution in [0.3, 0.4) is 0 Å². The number of rotatable bonds is 6. The predicted molar refractivity (Wildman–Crippen MR) is 63.3 cm³/mol. The van der Waals surface area contributed by atoms with E-state index < -0.39 is 5.97 Å². The predicted octanol–water partition coefficient (Wildman–Crippen LogP) is 0.704. The number of aliphatic hydroxyl groups is 1. The van der Waals surface area contributed by atoms with Gasteiger partial charge in [-0.1, -0.05) is 13.8 Å². The van der Waals surface area contributed by atoms with Gasteiger partial charge in [-0.15, -0.1) is 5.10 Å². The Bertz CT molecular complexity index is 407. The van der Waals surface area contributed by atoms with Crippen molar-refractivity contribution in [2.45, 2.75) is 26.7 Å². The molecule has 1 heterocycles. The molecule has 0 spiro atoms. The summed E-state index contributed by atoms with van der Waals surface area (Å²) in [6.45, 7) is 3.97. The first-order valence-electron chi connectivity index (χ1n) is 5.62. The molecule has 1 rings (SSSR count). The zero-order valence-corrected chi connectivity index (χ0v) is 10.0. The van der Waals surface area contributed by atoms with Crippen LogP contribution in [0.25, 0.3) is 0 Å². The van der Waals surface area contributed by atoms with Crippen molar-refractivity contribution in [3.8, 4) is 0 Å². The van der Waals surface area contributed by atoms with Crippen LogP contribution in [0.4, 0.5) is 5.82 Å². The van der Waals surface area contributed by atoms with E-state index in [0.29, 0.717) is 24.1 Å². The van der Waals surface area contributed by atoms with Gasteiger partial charge in [0.1, 0.15) is 5.56 Å². The van der Waals surface area contributed by atoms with Gasteiger partial charge in [-0.2, -0.15) is 5.10 Å². The van der Waals surface area contributed by atoms with Crippen molar-refractivity contribution in [1.29, 1.82) is 0 Å². The smallest absolute Gasteiger partial charge is 0.339 e. The molecule has 6 nitrogen and oxygen atoms in total. The molecule has 94 valence electrons. The quantitative estimate of drug-likeness (QED) is 0.676. The zero-order chi connectivity index (χ0) is 12.8. The minimum atomic E-state index is -1.02. The Labute approximate surface area is 99.7 Å². The molecule has 0 aromatic carbocycles. The number of aromatic carboxylic acids is 1. The summed E-state index contributed by atoms with van der Waals surface area (Å²) in [6.07, 6.45) is 1.24. The lowest BCUT2D eigenvalue weighted by Crippen LogP contribution is -2.16. The molecule has 0 saturated heterocycles. The molecule has 17 heavy (non-hydrogen) atoms. The second-order valence-corrected chi connectivity index (χ2v) is 3.51. The Morgan fingerprint density at radius 3 is 2.47 bits per heavy atom. The van der Waals surface area contributed by atoms with E-state index in [0.717, 1.165) is 0 Å². The van der Waals surface area contributed by atoms with Crippen LogP contribution >= 0.6 is 0 Å². The molecule has 3 N–H and O–H groups in total. The van der Waals surface area contributed by atoms with Gasteiger partial charge in [0.25, 0.3) is 0 Å². The lowest BCUT2D eigenvalue weighted by atomic mass is 10.0. The van der Waals surface area contributed by atoms with Gasteiger partial charge in [-0.05, 0) is 18.4 Å². The average molecular weight is 239 g/mol. The number of nitrogens with one attached hydrogen (secondary N) is 1. The first-order chi connectivity index (χ1) is 8.15. The summed E-state index contributed by atoms with van der Waals surface area (Å²) in [6, 6.07) is 0. The second-order valence-electron chi connectivity index (χ2n) is 3.51. The number of carbonyl (C=O) groups is 1. The van der Waals surface area contributed by atoms with Crippen molar-refractivity contribution in [1.82, 2.24) is 10.2 Å². The average Bonchev–Trinajstić information content (AvgIpc) is 2.34. The fourth-order valence-corrected chi connectivity index (χ4v) is 1.70. The Morgan fingerprint density at radius 1 is 1.29 bits per heavy atom. The third-order valence-electron chi connectivity index (χ3n) is 2.46. The SMILES string of the molecule is CCc1nnc(NCCO)c(C(=O)O)c1CC. The number of aliphatic hydroxyl groups excluding tert-OH is 1. The van der Waals surface area contributed by atoms with Crippen LogP contribution in [-0.2, 0) is 12.8 Å². The van der Waals surface area contributed by atoms with E-state index in [2.05, 4.69) is 15.5 Å². The van der Waals surface area contributed by atoms with E-state index >= 15 is 0 Å². The summed E-state index contributed by atoms with van der Waals surface area (Å²) in [5.74, 6) is -0.799. The lowest BCUT2D eigenvalue weighted by Gasteiger charge is -2.12. The highest BCUT2D eigenvalue weighted by atomic mass is 16.4. The molecule has 0 bridgehead atoms. The van der Waals surface area contributed by atoms with E-state index in [9.17, 15) is 9.90 Å². The monoisotopic (exact) mass is 239 g/mol. The van der Waals surface area contributed by atoms with Crippen molar-refractivity contribution >= 4 is 11.8 Å². The van der Waals surface area contributed by atoms with Gasteiger partial charge in [-0.3, -0.25) is 0 Å². The van der Waals surface area contributed by atoms with Crippen LogP contribution < -0.4 is 5.32 Å². The number of carboxylic acid groups (broad SMARTS) is 1. The number of carboxylic acids is 1. The normalized spacial score (nSPS) is 10.3. The largest absolute Gasteiger partial charge is 0.478 e. The molecule has 1 aromatic rings. The molecule has 6 heteroatoms. The maximum Gasteiger partial charge on any atom is 0.339 e. The summed E-state index contributed by atoms with van der Waals surface area (Å²) in [7, 11) is 0. The van der Waals surface area contributed by atoms with E-state index in [1.807, 2.05) is 13.8 Å². The molecule has 0 saturated carbocycles. The third kappa shape index (κ3) is 2.91. The fraction of sp³-hybridized carbons (Fsp3) is 0.545. The molecular weight excluding hydrogens is 222 g/mol. The molecule has 0 aliphatic carbocycles. The fourth-order valence-electron chi connectivity index (χ4n) is 1.70. The Morgan fingerprint density at radius 2 is 2.00 bits per heavy atom. The van der Waals surface area contributed by atoms with Gasteiger partial charge in [0.2, 0.25) is 0 Å². The van der Waals surface area contributed by atoms with E-state index in [-0.39, 0.29) is 24.5 Å². The summed E-state index contributed by atoms with van der Waals surface area (Å²) >= 11 is 0. The highest BCUT2D eigenvalue weighted by Crippen LogP contribution is 2.20. The van der Waals surface area contributed by atoms with E-state index in [1.165, 1.54) is 0 Å². The summed E-state index contributed by atoms with van der Waals surface area (Å²) in [5.41, 5.74) is 1.57. The van der Waals surface area contributed by atoms with E-state index in [4.69, 9.17) is 5.11 Å². The van der Waals surface area contributed by atoms with Gasteiger partial charge in [-0.25, -0.2) is 4.79 Å². The van der Waals surface area contributed by atoms with Crippen molar-refractivity contribution < 1.29 is 15.0 Å². The van der Waals surface area contributed by atoms with Gasteiger partial charge in [0, 0.05) is 6.54 Å². The van der Waals surface area contributed by atoms with Crippen LogP contribution in [0.2, 0.25) is 0 Å². The van der Waals surface area contributed by atoms with Crippen LogP contribution in [0.1, 0.15) is 35.5 Å². The zero-order valence-electron chi connectivity index (χ0n) is 10.0. The minimum absolute atomic E-state index is 0.0856. The number of hydrogen-bond acceptors (Lipinski definition) is 5. The Hall–Kier alpha value is -1.69. The number of hydrogen-bond donors (Lipinski definition) is 3. The van der Waals surface area contributed by atoms with Crippen molar-refractivity contribution in [3.63, 3.8) is 0 Å².